The molecular weight excluding hydrogens is 316 g/mol. The molecule has 1 aliphatic heterocycles. The molecule has 3 aromatic heterocycles. The molecule has 7 nitrogen and oxygen atoms in total. The van der Waals surface area contributed by atoms with Gasteiger partial charge in [-0.05, 0) is 32.4 Å². The van der Waals surface area contributed by atoms with Crippen LogP contribution in [-0.4, -0.2) is 36.3 Å². The molecule has 0 radical (unpaired) electrons. The summed E-state index contributed by atoms with van der Waals surface area (Å²) in [6.07, 6.45) is 7.14. The SMILES string of the molecule is Cc1cn2c(n1)CCC(NC(=O)c1cnn(-c3ccccn3)c1C)C2. The van der Waals surface area contributed by atoms with Crippen LogP contribution in [-0.2, 0) is 13.0 Å². The second kappa shape index (κ2) is 6.16. The third-order valence-electron chi connectivity index (χ3n) is 4.57. The summed E-state index contributed by atoms with van der Waals surface area (Å²) in [6, 6.07) is 5.72. The number of imidazole rings is 1. The first-order chi connectivity index (χ1) is 12.1. The van der Waals surface area contributed by atoms with E-state index >= 15 is 0 Å². The van der Waals surface area contributed by atoms with Crippen molar-refractivity contribution < 1.29 is 4.79 Å². The minimum Gasteiger partial charge on any atom is -0.347 e. The standard InChI is InChI=1S/C18H20N6O/c1-12-10-23-11-14(6-7-17(23)21-12)22-18(25)15-9-20-24(13(15)2)16-5-3-4-8-19-16/h3-5,8-10,14H,6-7,11H2,1-2H3,(H,22,25). The molecule has 4 heterocycles. The Morgan fingerprint density at radius 3 is 3.00 bits per heavy atom. The summed E-state index contributed by atoms with van der Waals surface area (Å²) in [7, 11) is 0. The van der Waals surface area contributed by atoms with Crippen molar-refractivity contribution in [2.24, 2.45) is 0 Å². The van der Waals surface area contributed by atoms with Gasteiger partial charge < -0.3 is 9.88 Å². The van der Waals surface area contributed by atoms with Crippen LogP contribution < -0.4 is 5.32 Å². The Morgan fingerprint density at radius 2 is 2.20 bits per heavy atom. The summed E-state index contributed by atoms with van der Waals surface area (Å²) in [5.74, 6) is 1.71. The fraction of sp³-hybridized carbons (Fsp3) is 0.333. The van der Waals surface area contributed by atoms with Gasteiger partial charge in [0, 0.05) is 31.4 Å². The molecule has 0 aromatic carbocycles. The van der Waals surface area contributed by atoms with Gasteiger partial charge in [0.25, 0.3) is 5.91 Å². The molecule has 1 amide bonds. The highest BCUT2D eigenvalue weighted by molar-refractivity contribution is 5.95. The number of aryl methyl sites for hydroxylation is 2. The average molecular weight is 336 g/mol. The summed E-state index contributed by atoms with van der Waals surface area (Å²) in [6.45, 7) is 4.64. The normalized spacial score (nSPS) is 16.5. The number of hydrogen-bond acceptors (Lipinski definition) is 4. The number of carbonyl (C=O) groups is 1. The second-order valence-electron chi connectivity index (χ2n) is 6.40. The predicted octanol–water partition coefficient (Wildman–Crippen LogP) is 1.83. The van der Waals surface area contributed by atoms with Gasteiger partial charge in [-0.15, -0.1) is 0 Å². The number of nitrogens with one attached hydrogen (secondary N) is 1. The Kier molecular flexibility index (Phi) is 3.83. The van der Waals surface area contributed by atoms with Gasteiger partial charge >= 0.3 is 0 Å². The van der Waals surface area contributed by atoms with E-state index in [1.807, 2.05) is 38.2 Å². The molecule has 1 N–H and O–H groups in total. The molecule has 1 atom stereocenters. The molecular formula is C18H20N6O. The van der Waals surface area contributed by atoms with Crippen LogP contribution >= 0.6 is 0 Å². The van der Waals surface area contributed by atoms with Crippen LogP contribution in [0.4, 0.5) is 0 Å². The Morgan fingerprint density at radius 1 is 1.32 bits per heavy atom. The monoisotopic (exact) mass is 336 g/mol. The Labute approximate surface area is 145 Å². The van der Waals surface area contributed by atoms with Crippen LogP contribution in [0.5, 0.6) is 0 Å². The number of carbonyl (C=O) groups excluding carboxylic acids is 1. The van der Waals surface area contributed by atoms with Crippen molar-refractivity contribution >= 4 is 5.91 Å². The van der Waals surface area contributed by atoms with E-state index in [0.717, 1.165) is 36.6 Å². The molecule has 1 aliphatic rings. The zero-order chi connectivity index (χ0) is 17.4. The van der Waals surface area contributed by atoms with Crippen LogP contribution in [0.3, 0.4) is 0 Å². The van der Waals surface area contributed by atoms with Gasteiger partial charge in [0.05, 0.1) is 23.1 Å². The number of amides is 1. The van der Waals surface area contributed by atoms with E-state index < -0.39 is 0 Å². The molecule has 4 rings (SSSR count). The Hall–Kier alpha value is -2.96. The van der Waals surface area contributed by atoms with Crippen LogP contribution in [0.25, 0.3) is 5.82 Å². The summed E-state index contributed by atoms with van der Waals surface area (Å²) in [4.78, 5) is 21.5. The number of pyridine rings is 1. The third-order valence-corrected chi connectivity index (χ3v) is 4.57. The minimum absolute atomic E-state index is 0.0926. The van der Waals surface area contributed by atoms with Crippen molar-refractivity contribution in [3.05, 3.63) is 59.6 Å². The quantitative estimate of drug-likeness (QED) is 0.791. The Bertz CT molecular complexity index is 911. The van der Waals surface area contributed by atoms with Crippen LogP contribution in [0.2, 0.25) is 0 Å². The van der Waals surface area contributed by atoms with Crippen molar-refractivity contribution in [3.63, 3.8) is 0 Å². The number of hydrogen-bond donors (Lipinski definition) is 1. The number of rotatable bonds is 3. The minimum atomic E-state index is -0.0926. The van der Waals surface area contributed by atoms with E-state index in [1.165, 1.54) is 0 Å². The highest BCUT2D eigenvalue weighted by atomic mass is 16.1. The molecule has 128 valence electrons. The third kappa shape index (κ3) is 2.93. The van der Waals surface area contributed by atoms with Crippen LogP contribution in [0, 0.1) is 13.8 Å². The lowest BCUT2D eigenvalue weighted by atomic mass is 10.1. The zero-order valence-electron chi connectivity index (χ0n) is 14.3. The fourth-order valence-corrected chi connectivity index (χ4v) is 3.31. The molecule has 0 bridgehead atoms. The molecule has 25 heavy (non-hydrogen) atoms. The zero-order valence-corrected chi connectivity index (χ0v) is 14.3. The first-order valence-electron chi connectivity index (χ1n) is 8.41. The second-order valence-corrected chi connectivity index (χ2v) is 6.40. The Balaban J connectivity index is 1.50. The van der Waals surface area contributed by atoms with Crippen molar-refractivity contribution in [3.8, 4) is 5.82 Å². The fourth-order valence-electron chi connectivity index (χ4n) is 3.31. The lowest BCUT2D eigenvalue weighted by Gasteiger charge is -2.24. The van der Waals surface area contributed by atoms with Gasteiger partial charge in [-0.3, -0.25) is 4.79 Å². The van der Waals surface area contributed by atoms with Gasteiger partial charge in [-0.2, -0.15) is 5.10 Å². The van der Waals surface area contributed by atoms with E-state index in [9.17, 15) is 4.79 Å². The van der Waals surface area contributed by atoms with E-state index in [0.29, 0.717) is 11.4 Å². The van der Waals surface area contributed by atoms with Crippen LogP contribution in [0.1, 0.15) is 34.0 Å². The first-order valence-corrected chi connectivity index (χ1v) is 8.41. The van der Waals surface area contributed by atoms with Crippen LogP contribution in [0.15, 0.2) is 36.8 Å². The maximum Gasteiger partial charge on any atom is 0.255 e. The molecule has 1 unspecified atom stereocenters. The van der Waals surface area contributed by atoms with Gasteiger partial charge in [0.1, 0.15) is 5.82 Å². The molecule has 0 spiro atoms. The van der Waals surface area contributed by atoms with E-state index in [2.05, 4.69) is 25.0 Å². The molecule has 7 heteroatoms. The molecule has 3 aromatic rings. The largest absolute Gasteiger partial charge is 0.347 e. The molecule has 0 saturated carbocycles. The summed E-state index contributed by atoms with van der Waals surface area (Å²) in [5, 5.41) is 7.45. The topological polar surface area (TPSA) is 77.6 Å². The van der Waals surface area contributed by atoms with Crippen molar-refractivity contribution in [1.82, 2.24) is 29.6 Å². The molecule has 0 fully saturated rings. The van der Waals surface area contributed by atoms with Gasteiger partial charge in [-0.1, -0.05) is 6.07 Å². The highest BCUT2D eigenvalue weighted by Crippen LogP contribution is 2.17. The summed E-state index contributed by atoms with van der Waals surface area (Å²) < 4.78 is 3.82. The van der Waals surface area contributed by atoms with Gasteiger partial charge in [-0.25, -0.2) is 14.6 Å². The van der Waals surface area contributed by atoms with Gasteiger partial charge in [0.15, 0.2) is 5.82 Å². The van der Waals surface area contributed by atoms with Crippen molar-refractivity contribution in [2.75, 3.05) is 0 Å². The highest BCUT2D eigenvalue weighted by Gasteiger charge is 2.23. The molecule has 0 saturated heterocycles. The molecule has 0 aliphatic carbocycles. The smallest absolute Gasteiger partial charge is 0.255 e. The van der Waals surface area contributed by atoms with E-state index in [4.69, 9.17) is 0 Å². The lowest BCUT2D eigenvalue weighted by Crippen LogP contribution is -2.41. The lowest BCUT2D eigenvalue weighted by molar-refractivity contribution is 0.0927. The predicted molar refractivity (Wildman–Crippen MR) is 92.6 cm³/mol. The maximum absolute atomic E-state index is 12.7. The van der Waals surface area contributed by atoms with Crippen molar-refractivity contribution in [2.45, 2.75) is 39.3 Å². The summed E-state index contributed by atoms with van der Waals surface area (Å²) in [5.41, 5.74) is 2.39. The van der Waals surface area contributed by atoms with Gasteiger partial charge in [0.2, 0.25) is 0 Å². The van der Waals surface area contributed by atoms with E-state index in [-0.39, 0.29) is 11.9 Å². The number of aromatic nitrogens is 5. The number of fused-ring (bicyclic) bond motifs is 1. The summed E-state index contributed by atoms with van der Waals surface area (Å²) >= 11 is 0. The van der Waals surface area contributed by atoms with E-state index in [1.54, 1.807) is 17.1 Å². The maximum atomic E-state index is 12.7. The van der Waals surface area contributed by atoms with Crippen molar-refractivity contribution in [1.29, 1.82) is 0 Å². The number of nitrogens with zero attached hydrogens (tertiary/aromatic N) is 5. The average Bonchev–Trinajstić information content (AvgIpc) is 3.17. The first kappa shape index (κ1) is 15.6.